The molecule has 126 valence electrons. The van der Waals surface area contributed by atoms with Crippen LogP contribution < -0.4 is 5.73 Å². The van der Waals surface area contributed by atoms with E-state index >= 15 is 0 Å². The van der Waals surface area contributed by atoms with Gasteiger partial charge in [0.1, 0.15) is 17.4 Å². The van der Waals surface area contributed by atoms with Crippen LogP contribution in [0.1, 0.15) is 17.4 Å². The molecule has 0 saturated carbocycles. The zero-order chi connectivity index (χ0) is 16.4. The van der Waals surface area contributed by atoms with Crippen LogP contribution in [-0.4, -0.2) is 4.98 Å². The molecule has 2 N–H and O–H groups in total. The molecule has 0 aliphatic rings. The zero-order valence-electron chi connectivity index (χ0n) is 12.4. The van der Waals surface area contributed by atoms with E-state index < -0.39 is 17.7 Å². The summed E-state index contributed by atoms with van der Waals surface area (Å²) in [7, 11) is 0. The molecule has 3 aromatic rings. The predicted octanol–water partition coefficient (Wildman–Crippen LogP) is 4.94. The van der Waals surface area contributed by atoms with Gasteiger partial charge in [-0.2, -0.15) is 0 Å². The Hall–Kier alpha value is -1.95. The quantitative estimate of drug-likeness (QED) is 0.707. The number of benzene rings is 2. The minimum atomic E-state index is -0.633. The summed E-state index contributed by atoms with van der Waals surface area (Å²) in [4.78, 5) is 4.18. The SMILES string of the molecule is Cl.NC(Cc1cc(F)cc(F)c1)c1cnc(-c2ccc(Cl)cc2)o1. The Bertz CT molecular complexity index is 801. The van der Waals surface area contributed by atoms with Gasteiger partial charge in [0.15, 0.2) is 0 Å². The maximum absolute atomic E-state index is 13.2. The Labute approximate surface area is 148 Å². The number of nitrogens with zero attached hydrogens (tertiary/aromatic N) is 1. The molecular formula is C17H14Cl2F2N2O. The fraction of sp³-hybridized carbons (Fsp3) is 0.118. The van der Waals surface area contributed by atoms with E-state index in [-0.39, 0.29) is 18.8 Å². The van der Waals surface area contributed by atoms with Crippen molar-refractivity contribution in [2.75, 3.05) is 0 Å². The van der Waals surface area contributed by atoms with Crippen molar-refractivity contribution in [1.29, 1.82) is 0 Å². The van der Waals surface area contributed by atoms with Gasteiger partial charge in [0, 0.05) is 16.7 Å². The van der Waals surface area contributed by atoms with Gasteiger partial charge in [-0.05, 0) is 48.4 Å². The first-order chi connectivity index (χ1) is 11.0. The van der Waals surface area contributed by atoms with Crippen LogP contribution in [0, 0.1) is 11.6 Å². The van der Waals surface area contributed by atoms with E-state index in [1.54, 1.807) is 24.3 Å². The van der Waals surface area contributed by atoms with Crippen LogP contribution in [0.5, 0.6) is 0 Å². The highest BCUT2D eigenvalue weighted by molar-refractivity contribution is 6.30. The summed E-state index contributed by atoms with van der Waals surface area (Å²) in [6, 6.07) is 9.80. The Morgan fingerprint density at radius 2 is 1.71 bits per heavy atom. The molecule has 0 fully saturated rings. The van der Waals surface area contributed by atoms with Crippen LogP contribution in [0.4, 0.5) is 8.78 Å². The standard InChI is InChI=1S/C17H13ClF2N2O.ClH/c18-12-3-1-11(2-4-12)17-22-9-16(23-17)15(21)7-10-5-13(19)8-14(20)6-10;/h1-6,8-9,15H,7,21H2;1H. The maximum atomic E-state index is 13.2. The van der Waals surface area contributed by atoms with Gasteiger partial charge in [-0.25, -0.2) is 13.8 Å². The normalized spacial score (nSPS) is 11.8. The lowest BCUT2D eigenvalue weighted by Crippen LogP contribution is -2.12. The summed E-state index contributed by atoms with van der Waals surface area (Å²) in [6.45, 7) is 0. The minimum absolute atomic E-state index is 0. The van der Waals surface area contributed by atoms with Crippen molar-refractivity contribution < 1.29 is 13.2 Å². The van der Waals surface area contributed by atoms with Crippen molar-refractivity contribution in [3.05, 3.63) is 76.6 Å². The Morgan fingerprint density at radius 3 is 2.33 bits per heavy atom. The highest BCUT2D eigenvalue weighted by Crippen LogP contribution is 2.25. The van der Waals surface area contributed by atoms with Crippen LogP contribution in [0.2, 0.25) is 5.02 Å². The van der Waals surface area contributed by atoms with E-state index in [9.17, 15) is 8.78 Å². The second-order valence-electron chi connectivity index (χ2n) is 5.16. The number of oxazole rings is 1. The van der Waals surface area contributed by atoms with E-state index in [0.717, 1.165) is 11.6 Å². The van der Waals surface area contributed by atoms with E-state index in [1.165, 1.54) is 18.3 Å². The lowest BCUT2D eigenvalue weighted by atomic mass is 10.0. The average molecular weight is 371 g/mol. The first kappa shape index (κ1) is 18.4. The first-order valence-electron chi connectivity index (χ1n) is 6.93. The second kappa shape index (κ2) is 7.75. The highest BCUT2D eigenvalue weighted by atomic mass is 35.5. The molecule has 24 heavy (non-hydrogen) atoms. The third kappa shape index (κ3) is 4.32. The molecule has 1 aromatic heterocycles. The number of hydrogen-bond donors (Lipinski definition) is 1. The van der Waals surface area contributed by atoms with Crippen molar-refractivity contribution in [1.82, 2.24) is 4.98 Å². The molecule has 0 aliphatic carbocycles. The first-order valence-corrected chi connectivity index (χ1v) is 7.31. The monoisotopic (exact) mass is 370 g/mol. The van der Waals surface area contributed by atoms with E-state index in [0.29, 0.717) is 22.2 Å². The van der Waals surface area contributed by atoms with Crippen LogP contribution in [0.15, 0.2) is 53.1 Å². The number of hydrogen-bond acceptors (Lipinski definition) is 3. The minimum Gasteiger partial charge on any atom is -0.440 e. The summed E-state index contributed by atoms with van der Waals surface area (Å²) in [6.07, 6.45) is 1.76. The molecule has 0 bridgehead atoms. The Balaban J connectivity index is 0.00000208. The lowest BCUT2D eigenvalue weighted by Gasteiger charge is -2.08. The zero-order valence-corrected chi connectivity index (χ0v) is 14.0. The predicted molar refractivity (Wildman–Crippen MR) is 91.2 cm³/mol. The van der Waals surface area contributed by atoms with Gasteiger partial charge in [-0.15, -0.1) is 12.4 Å². The summed E-state index contributed by atoms with van der Waals surface area (Å²) >= 11 is 5.84. The van der Waals surface area contributed by atoms with Crippen LogP contribution in [0.25, 0.3) is 11.5 Å². The van der Waals surface area contributed by atoms with Gasteiger partial charge in [0.25, 0.3) is 0 Å². The van der Waals surface area contributed by atoms with Crippen LogP contribution in [0.3, 0.4) is 0 Å². The number of aromatic nitrogens is 1. The Kier molecular flexibility index (Phi) is 5.94. The molecule has 2 aromatic carbocycles. The van der Waals surface area contributed by atoms with Crippen LogP contribution >= 0.6 is 24.0 Å². The van der Waals surface area contributed by atoms with Gasteiger partial charge in [-0.3, -0.25) is 0 Å². The Morgan fingerprint density at radius 1 is 1.08 bits per heavy atom. The summed E-state index contributed by atoms with van der Waals surface area (Å²) in [5.41, 5.74) is 7.27. The van der Waals surface area contributed by atoms with Gasteiger partial charge in [-0.1, -0.05) is 11.6 Å². The van der Waals surface area contributed by atoms with Gasteiger partial charge >= 0.3 is 0 Å². The molecule has 1 heterocycles. The van der Waals surface area contributed by atoms with Gasteiger partial charge in [0.05, 0.1) is 12.2 Å². The van der Waals surface area contributed by atoms with Crippen molar-refractivity contribution in [2.24, 2.45) is 5.73 Å². The highest BCUT2D eigenvalue weighted by Gasteiger charge is 2.15. The fourth-order valence-corrected chi connectivity index (χ4v) is 2.39. The smallest absolute Gasteiger partial charge is 0.226 e. The topological polar surface area (TPSA) is 52.0 Å². The van der Waals surface area contributed by atoms with Crippen molar-refractivity contribution in [3.63, 3.8) is 0 Å². The number of rotatable bonds is 4. The van der Waals surface area contributed by atoms with Crippen molar-refractivity contribution >= 4 is 24.0 Å². The number of nitrogens with two attached hydrogens (primary N) is 1. The van der Waals surface area contributed by atoms with E-state index in [2.05, 4.69) is 4.98 Å². The molecule has 1 atom stereocenters. The molecular weight excluding hydrogens is 357 g/mol. The van der Waals surface area contributed by atoms with Crippen molar-refractivity contribution in [2.45, 2.75) is 12.5 Å². The molecule has 0 spiro atoms. The average Bonchev–Trinajstić information content (AvgIpc) is 2.97. The molecule has 3 nitrogen and oxygen atoms in total. The van der Waals surface area contributed by atoms with Crippen LogP contribution in [-0.2, 0) is 6.42 Å². The van der Waals surface area contributed by atoms with E-state index in [1.807, 2.05) is 0 Å². The molecule has 7 heteroatoms. The third-order valence-corrected chi connectivity index (χ3v) is 3.61. The summed E-state index contributed by atoms with van der Waals surface area (Å²) in [5.74, 6) is -0.407. The molecule has 3 rings (SSSR count). The largest absolute Gasteiger partial charge is 0.440 e. The molecule has 0 radical (unpaired) electrons. The molecule has 1 unspecified atom stereocenters. The second-order valence-corrected chi connectivity index (χ2v) is 5.60. The number of halogens is 4. The molecule has 0 amide bonds. The van der Waals surface area contributed by atoms with Gasteiger partial charge in [0.2, 0.25) is 5.89 Å². The van der Waals surface area contributed by atoms with Gasteiger partial charge < -0.3 is 10.2 Å². The lowest BCUT2D eigenvalue weighted by molar-refractivity contribution is 0.471. The molecule has 0 aliphatic heterocycles. The summed E-state index contributed by atoms with van der Waals surface area (Å²) in [5, 5.41) is 0.616. The fourth-order valence-electron chi connectivity index (χ4n) is 2.27. The summed E-state index contributed by atoms with van der Waals surface area (Å²) < 4.78 is 32.1. The maximum Gasteiger partial charge on any atom is 0.226 e. The van der Waals surface area contributed by atoms with Crippen molar-refractivity contribution in [3.8, 4) is 11.5 Å². The third-order valence-electron chi connectivity index (χ3n) is 3.36. The molecule has 0 saturated heterocycles. The van der Waals surface area contributed by atoms with E-state index in [4.69, 9.17) is 21.8 Å².